The Kier molecular flexibility index (Phi) is 3.96. The van der Waals surface area contributed by atoms with Gasteiger partial charge in [-0.3, -0.25) is 9.69 Å². The first-order valence-electron chi connectivity index (χ1n) is 5.44. The minimum absolute atomic E-state index is 0.232. The second-order valence-electron chi connectivity index (χ2n) is 3.88. The minimum atomic E-state index is -1.33. The van der Waals surface area contributed by atoms with Gasteiger partial charge in [-0.05, 0) is 18.6 Å². The van der Waals surface area contributed by atoms with Crippen LogP contribution in [0.1, 0.15) is 12.5 Å². The lowest BCUT2D eigenvalue weighted by Crippen LogP contribution is -2.48. The summed E-state index contributed by atoms with van der Waals surface area (Å²) in [6.07, 6.45) is 5.14. The maximum absolute atomic E-state index is 12.1. The van der Waals surface area contributed by atoms with E-state index in [9.17, 15) is 14.7 Å². The second-order valence-corrected chi connectivity index (χ2v) is 5.56. The molecule has 0 saturated carbocycles. The van der Waals surface area contributed by atoms with E-state index in [1.807, 2.05) is 0 Å². The average Bonchev–Trinajstić information content (AvgIpc) is 2.65. The molecule has 1 aliphatic rings. The van der Waals surface area contributed by atoms with Crippen LogP contribution in [0.5, 0.6) is 0 Å². The Bertz CT molecular complexity index is 572. The number of hydrogen-bond donors (Lipinski definition) is 0. The summed E-state index contributed by atoms with van der Waals surface area (Å²) in [6, 6.07) is 2.53. The fraction of sp³-hybridized carbons (Fsp3) is 0.167. The quantitative estimate of drug-likeness (QED) is 0.572. The van der Waals surface area contributed by atoms with Crippen molar-refractivity contribution in [3.63, 3.8) is 0 Å². The van der Waals surface area contributed by atoms with Crippen LogP contribution in [0.3, 0.4) is 0 Å². The maximum Gasteiger partial charge on any atom is 0.266 e. The number of hydrogen-bond acceptors (Lipinski definition) is 5. The number of carboxylic acid groups (broad SMARTS) is 1. The summed E-state index contributed by atoms with van der Waals surface area (Å²) < 4.78 is 0.232. The smallest absolute Gasteiger partial charge is 0.266 e. The van der Waals surface area contributed by atoms with Crippen molar-refractivity contribution < 1.29 is 19.7 Å². The largest absolute Gasteiger partial charge is 0.548 e. The fourth-order valence-electron chi connectivity index (χ4n) is 1.57. The number of thiocarbonyl (C=S) groups is 1. The zero-order valence-corrected chi connectivity index (χ0v) is 11.6. The standard InChI is InChI=1S/C12H10N2O3S2/c1-7(11(16)17)14-10(15)9(19-12(14)18)6-8-2-4-13-5-3-8/h2-7H,1H3,(H,16,17)/b9-6+. The number of aliphatic carboxylic acids is 1. The molecule has 98 valence electrons. The molecule has 1 amide bonds. The first-order chi connectivity index (χ1) is 9.00. The predicted molar refractivity (Wildman–Crippen MR) is 72.5 cm³/mol. The van der Waals surface area contributed by atoms with Crippen molar-refractivity contribution in [1.82, 2.24) is 4.90 Å². The van der Waals surface area contributed by atoms with Crippen molar-refractivity contribution in [3.05, 3.63) is 35.0 Å². The van der Waals surface area contributed by atoms with Crippen LogP contribution in [0, 0.1) is 0 Å². The van der Waals surface area contributed by atoms with Crippen LogP contribution in [0.15, 0.2) is 29.4 Å². The number of thioether (sulfide) groups is 1. The summed E-state index contributed by atoms with van der Waals surface area (Å²) in [7, 11) is 0. The Morgan fingerprint density at radius 2 is 2.16 bits per heavy atom. The number of nitrogens with one attached hydrogen (secondary N) is 1. The van der Waals surface area contributed by atoms with Crippen LogP contribution in [-0.2, 0) is 9.59 Å². The van der Waals surface area contributed by atoms with Crippen molar-refractivity contribution in [2.75, 3.05) is 0 Å². The van der Waals surface area contributed by atoms with Crippen LogP contribution in [0.4, 0.5) is 0 Å². The Hall–Kier alpha value is -1.73. The summed E-state index contributed by atoms with van der Waals surface area (Å²) in [4.78, 5) is 27.3. The maximum atomic E-state index is 12.1. The molecule has 1 atom stereocenters. The number of H-pyrrole nitrogens is 1. The van der Waals surface area contributed by atoms with Crippen molar-refractivity contribution >= 4 is 46.3 Å². The summed E-state index contributed by atoms with van der Waals surface area (Å²) in [5.74, 6) is -1.73. The molecule has 0 aromatic carbocycles. The first-order valence-corrected chi connectivity index (χ1v) is 6.67. The monoisotopic (exact) mass is 294 g/mol. The average molecular weight is 294 g/mol. The molecular weight excluding hydrogens is 284 g/mol. The third-order valence-corrected chi connectivity index (χ3v) is 3.92. The van der Waals surface area contributed by atoms with E-state index in [1.165, 1.54) is 6.92 Å². The van der Waals surface area contributed by atoms with Gasteiger partial charge in [0.25, 0.3) is 5.91 Å². The number of carbonyl (C=O) groups excluding carboxylic acids is 2. The number of amides is 1. The SMILES string of the molecule is CC(C(=O)[O-])N1C(=O)/C(=C\c2cc[nH+]cc2)SC1=S. The second kappa shape index (κ2) is 5.50. The van der Waals surface area contributed by atoms with Crippen molar-refractivity contribution in [2.24, 2.45) is 0 Å². The van der Waals surface area contributed by atoms with Gasteiger partial charge in [0.05, 0.1) is 16.9 Å². The van der Waals surface area contributed by atoms with E-state index in [-0.39, 0.29) is 4.32 Å². The number of carboxylic acids is 1. The van der Waals surface area contributed by atoms with Crippen LogP contribution in [-0.4, -0.2) is 27.1 Å². The molecule has 0 bridgehead atoms. The van der Waals surface area contributed by atoms with Crippen LogP contribution in [0.2, 0.25) is 0 Å². The number of aromatic nitrogens is 1. The van der Waals surface area contributed by atoms with Gasteiger partial charge in [0.15, 0.2) is 12.4 Å². The molecule has 1 aromatic rings. The van der Waals surface area contributed by atoms with E-state index in [4.69, 9.17) is 12.2 Å². The van der Waals surface area contributed by atoms with Crippen LogP contribution in [0.25, 0.3) is 6.08 Å². The zero-order chi connectivity index (χ0) is 14.0. The van der Waals surface area contributed by atoms with Gasteiger partial charge in [0.2, 0.25) is 0 Å². The van der Waals surface area contributed by atoms with Crippen LogP contribution < -0.4 is 10.1 Å². The molecule has 1 aliphatic heterocycles. The molecule has 1 saturated heterocycles. The van der Waals surface area contributed by atoms with E-state index < -0.39 is 17.9 Å². The summed E-state index contributed by atoms with van der Waals surface area (Å²) in [5.41, 5.74) is 0.834. The van der Waals surface area contributed by atoms with Gasteiger partial charge >= 0.3 is 0 Å². The zero-order valence-electron chi connectivity index (χ0n) is 9.95. The highest BCUT2D eigenvalue weighted by molar-refractivity contribution is 8.26. The molecule has 0 radical (unpaired) electrons. The van der Waals surface area contributed by atoms with Gasteiger partial charge < -0.3 is 9.90 Å². The molecule has 1 fully saturated rings. The van der Waals surface area contributed by atoms with E-state index in [0.717, 1.165) is 22.2 Å². The molecule has 1 N–H and O–H groups in total. The van der Waals surface area contributed by atoms with E-state index in [0.29, 0.717) is 4.91 Å². The lowest BCUT2D eigenvalue weighted by Gasteiger charge is -2.23. The van der Waals surface area contributed by atoms with Gasteiger partial charge in [-0.15, -0.1) is 0 Å². The van der Waals surface area contributed by atoms with Gasteiger partial charge in [-0.2, -0.15) is 0 Å². The number of nitrogens with zero attached hydrogens (tertiary/aromatic N) is 1. The highest BCUT2D eigenvalue weighted by Gasteiger charge is 2.35. The van der Waals surface area contributed by atoms with E-state index in [1.54, 1.807) is 30.6 Å². The Morgan fingerprint density at radius 3 is 2.74 bits per heavy atom. The minimum Gasteiger partial charge on any atom is -0.548 e. The molecule has 1 aromatic heterocycles. The Balaban J connectivity index is 2.28. The molecule has 1 unspecified atom stereocenters. The number of rotatable bonds is 3. The van der Waals surface area contributed by atoms with Crippen molar-refractivity contribution in [3.8, 4) is 0 Å². The van der Waals surface area contributed by atoms with Gasteiger partial charge in [0, 0.05) is 12.1 Å². The van der Waals surface area contributed by atoms with Crippen LogP contribution >= 0.6 is 24.0 Å². The molecule has 0 aliphatic carbocycles. The number of carbonyl (C=O) groups is 2. The third-order valence-electron chi connectivity index (χ3n) is 2.59. The Labute approximate surface area is 119 Å². The molecule has 5 nitrogen and oxygen atoms in total. The number of aromatic amines is 1. The van der Waals surface area contributed by atoms with Gasteiger partial charge in [-0.1, -0.05) is 24.0 Å². The molecular formula is C12H10N2O3S2. The van der Waals surface area contributed by atoms with E-state index in [2.05, 4.69) is 4.98 Å². The third kappa shape index (κ3) is 2.82. The first kappa shape index (κ1) is 13.7. The predicted octanol–water partition coefficient (Wildman–Crippen LogP) is -0.160. The molecule has 7 heteroatoms. The summed E-state index contributed by atoms with van der Waals surface area (Å²) >= 11 is 6.13. The lowest BCUT2D eigenvalue weighted by atomic mass is 10.2. The normalized spacial score (nSPS) is 19.0. The highest BCUT2D eigenvalue weighted by Crippen LogP contribution is 2.33. The fourth-order valence-corrected chi connectivity index (χ4v) is 2.99. The molecule has 19 heavy (non-hydrogen) atoms. The molecule has 2 rings (SSSR count). The lowest BCUT2D eigenvalue weighted by molar-refractivity contribution is -0.378. The number of pyridine rings is 1. The topological polar surface area (TPSA) is 74.6 Å². The summed E-state index contributed by atoms with van der Waals surface area (Å²) in [5, 5.41) is 10.8. The van der Waals surface area contributed by atoms with Crippen molar-refractivity contribution in [2.45, 2.75) is 13.0 Å². The highest BCUT2D eigenvalue weighted by atomic mass is 32.2. The van der Waals surface area contributed by atoms with Gasteiger partial charge in [0.1, 0.15) is 4.32 Å². The van der Waals surface area contributed by atoms with Crippen molar-refractivity contribution in [1.29, 1.82) is 0 Å². The molecule has 2 heterocycles. The summed E-state index contributed by atoms with van der Waals surface area (Å²) in [6.45, 7) is 1.38. The molecule has 0 spiro atoms. The van der Waals surface area contributed by atoms with Gasteiger partial charge in [-0.25, -0.2) is 4.98 Å². The Morgan fingerprint density at radius 1 is 1.53 bits per heavy atom. The van der Waals surface area contributed by atoms with E-state index >= 15 is 0 Å².